The molecule has 15 heavy (non-hydrogen) atoms. The molecule has 0 saturated carbocycles. The van der Waals surface area contributed by atoms with E-state index in [0.717, 1.165) is 18.2 Å². The molecule has 0 aliphatic carbocycles. The Hall–Kier alpha value is -1.23. The van der Waals surface area contributed by atoms with Crippen molar-refractivity contribution in [2.24, 2.45) is 0 Å². The molecule has 0 aliphatic rings. The molecule has 5 heteroatoms. The second-order valence-electron chi connectivity index (χ2n) is 2.45. The molecular formula is C10H13F3O2. The van der Waals surface area contributed by atoms with Crippen molar-refractivity contribution in [3.63, 3.8) is 0 Å². The third-order valence-corrected chi connectivity index (χ3v) is 1.39. The maximum atomic E-state index is 12.6. The van der Waals surface area contributed by atoms with Gasteiger partial charge < -0.3 is 9.47 Å². The van der Waals surface area contributed by atoms with Crippen molar-refractivity contribution >= 4 is 0 Å². The SMILES string of the molecule is CF.COCCOc1cc(F)cc(F)c1. The molecule has 0 fully saturated rings. The third kappa shape index (κ3) is 5.96. The number of benzene rings is 1. The second-order valence-corrected chi connectivity index (χ2v) is 2.45. The van der Waals surface area contributed by atoms with Crippen molar-refractivity contribution in [3.05, 3.63) is 29.8 Å². The molecule has 0 N–H and O–H groups in total. The van der Waals surface area contributed by atoms with Gasteiger partial charge in [0.1, 0.15) is 24.0 Å². The highest BCUT2D eigenvalue weighted by atomic mass is 19.1. The van der Waals surface area contributed by atoms with Crippen LogP contribution in [0.5, 0.6) is 5.75 Å². The standard InChI is InChI=1S/C9H10F2O2.CH3F/c1-12-2-3-13-9-5-7(10)4-8(11)6-9;1-2/h4-6H,2-3H2,1H3;1H3. The average molecular weight is 222 g/mol. The summed E-state index contributed by atoms with van der Waals surface area (Å²) in [4.78, 5) is 0. The van der Waals surface area contributed by atoms with Gasteiger partial charge in [0.25, 0.3) is 0 Å². The normalized spacial score (nSPS) is 9.13. The van der Waals surface area contributed by atoms with Crippen LogP contribution in [0.25, 0.3) is 0 Å². The predicted octanol–water partition coefficient (Wildman–Crippen LogP) is 2.58. The zero-order valence-corrected chi connectivity index (χ0v) is 8.60. The lowest BCUT2D eigenvalue weighted by atomic mass is 10.3. The van der Waals surface area contributed by atoms with E-state index in [1.807, 2.05) is 0 Å². The van der Waals surface area contributed by atoms with E-state index in [0.29, 0.717) is 13.8 Å². The maximum Gasteiger partial charge on any atom is 0.129 e. The molecule has 2 nitrogen and oxygen atoms in total. The summed E-state index contributed by atoms with van der Waals surface area (Å²) >= 11 is 0. The fourth-order valence-corrected chi connectivity index (χ4v) is 0.855. The lowest BCUT2D eigenvalue weighted by Gasteiger charge is -2.04. The Kier molecular flexibility index (Phi) is 7.44. The van der Waals surface area contributed by atoms with Crippen molar-refractivity contribution in [2.75, 3.05) is 27.5 Å². The Labute approximate surface area is 86.6 Å². The first kappa shape index (κ1) is 13.8. The number of methoxy groups -OCH3 is 1. The molecule has 0 saturated heterocycles. The summed E-state index contributed by atoms with van der Waals surface area (Å²) in [5.74, 6) is -1.12. The minimum Gasteiger partial charge on any atom is -0.491 e. The molecule has 0 radical (unpaired) electrons. The number of ether oxygens (including phenoxy) is 2. The Bertz CT molecular complexity index is 259. The molecule has 86 valence electrons. The van der Waals surface area contributed by atoms with E-state index in [4.69, 9.17) is 9.47 Å². The van der Waals surface area contributed by atoms with Gasteiger partial charge in [-0.05, 0) is 0 Å². The number of hydrogen-bond acceptors (Lipinski definition) is 2. The minimum absolute atomic E-state index is 0.176. The van der Waals surface area contributed by atoms with Gasteiger partial charge in [0.2, 0.25) is 0 Å². The molecule has 0 bridgehead atoms. The largest absolute Gasteiger partial charge is 0.491 e. The van der Waals surface area contributed by atoms with E-state index in [1.165, 1.54) is 7.11 Å². The van der Waals surface area contributed by atoms with Gasteiger partial charge in [-0.3, -0.25) is 4.39 Å². The van der Waals surface area contributed by atoms with Crippen LogP contribution in [0.2, 0.25) is 0 Å². The monoisotopic (exact) mass is 222 g/mol. The van der Waals surface area contributed by atoms with Crippen molar-refractivity contribution in [1.82, 2.24) is 0 Å². The zero-order chi connectivity index (χ0) is 11.7. The predicted molar refractivity (Wildman–Crippen MR) is 50.8 cm³/mol. The fraction of sp³-hybridized carbons (Fsp3) is 0.400. The Morgan fingerprint density at radius 2 is 1.53 bits per heavy atom. The number of alkyl halides is 1. The van der Waals surface area contributed by atoms with E-state index in [2.05, 4.69) is 0 Å². The summed E-state index contributed by atoms with van der Waals surface area (Å²) in [6.07, 6.45) is 0. The van der Waals surface area contributed by atoms with Crippen LogP contribution in [0.4, 0.5) is 13.2 Å². The minimum atomic E-state index is -0.646. The van der Waals surface area contributed by atoms with E-state index in [9.17, 15) is 13.2 Å². The highest BCUT2D eigenvalue weighted by molar-refractivity contribution is 5.23. The lowest BCUT2D eigenvalue weighted by molar-refractivity contribution is 0.146. The van der Waals surface area contributed by atoms with Crippen molar-refractivity contribution in [2.45, 2.75) is 0 Å². The highest BCUT2D eigenvalue weighted by Crippen LogP contribution is 2.14. The number of hydrogen-bond donors (Lipinski definition) is 0. The van der Waals surface area contributed by atoms with Crippen LogP contribution in [0.1, 0.15) is 0 Å². The quantitative estimate of drug-likeness (QED) is 0.729. The van der Waals surface area contributed by atoms with Gasteiger partial charge in [0.05, 0.1) is 13.8 Å². The van der Waals surface area contributed by atoms with Gasteiger partial charge >= 0.3 is 0 Å². The van der Waals surface area contributed by atoms with Crippen molar-refractivity contribution in [3.8, 4) is 5.75 Å². The van der Waals surface area contributed by atoms with Gasteiger partial charge in [-0.2, -0.15) is 0 Å². The first-order valence-electron chi connectivity index (χ1n) is 4.18. The van der Waals surface area contributed by atoms with Crippen LogP contribution in [0.15, 0.2) is 18.2 Å². The van der Waals surface area contributed by atoms with Crippen LogP contribution in [-0.2, 0) is 4.74 Å². The van der Waals surface area contributed by atoms with Gasteiger partial charge in [-0.25, -0.2) is 8.78 Å². The summed E-state index contributed by atoms with van der Waals surface area (Å²) in [5, 5.41) is 0. The van der Waals surface area contributed by atoms with Crippen LogP contribution in [0, 0.1) is 11.6 Å². The van der Waals surface area contributed by atoms with Gasteiger partial charge in [0.15, 0.2) is 0 Å². The van der Waals surface area contributed by atoms with Crippen LogP contribution in [0.3, 0.4) is 0 Å². The maximum absolute atomic E-state index is 12.6. The Morgan fingerprint density at radius 1 is 1.00 bits per heavy atom. The molecule has 0 aromatic heterocycles. The fourth-order valence-electron chi connectivity index (χ4n) is 0.855. The topological polar surface area (TPSA) is 18.5 Å². The third-order valence-electron chi connectivity index (χ3n) is 1.39. The molecule has 0 heterocycles. The molecule has 0 unspecified atom stereocenters. The van der Waals surface area contributed by atoms with E-state index in [-0.39, 0.29) is 12.4 Å². The van der Waals surface area contributed by atoms with E-state index >= 15 is 0 Å². The summed E-state index contributed by atoms with van der Waals surface area (Å²) in [6.45, 7) is 0.664. The Morgan fingerprint density at radius 3 is 2.00 bits per heavy atom. The first-order valence-corrected chi connectivity index (χ1v) is 4.18. The summed E-state index contributed by atoms with van der Waals surface area (Å²) in [7, 11) is 2.02. The molecule has 0 spiro atoms. The average Bonchev–Trinajstić information content (AvgIpc) is 2.20. The van der Waals surface area contributed by atoms with E-state index < -0.39 is 11.6 Å². The Balaban J connectivity index is 0.000000921. The van der Waals surface area contributed by atoms with Crippen LogP contribution in [-0.4, -0.2) is 27.5 Å². The van der Waals surface area contributed by atoms with Crippen LogP contribution >= 0.6 is 0 Å². The summed E-state index contributed by atoms with van der Waals surface area (Å²) in [5.41, 5.74) is 0. The smallest absolute Gasteiger partial charge is 0.129 e. The first-order chi connectivity index (χ1) is 7.22. The van der Waals surface area contributed by atoms with Crippen LogP contribution < -0.4 is 4.74 Å². The van der Waals surface area contributed by atoms with Gasteiger partial charge in [-0.1, -0.05) is 0 Å². The summed E-state index contributed by atoms with van der Waals surface area (Å²) < 4.78 is 44.4. The molecular weight excluding hydrogens is 209 g/mol. The molecule has 1 aromatic carbocycles. The number of halogens is 3. The molecule has 0 aliphatic heterocycles. The molecule has 0 atom stereocenters. The van der Waals surface area contributed by atoms with Crippen molar-refractivity contribution < 1.29 is 22.6 Å². The van der Waals surface area contributed by atoms with Crippen molar-refractivity contribution in [1.29, 1.82) is 0 Å². The zero-order valence-electron chi connectivity index (χ0n) is 8.60. The van der Waals surface area contributed by atoms with Gasteiger partial charge in [0, 0.05) is 25.3 Å². The summed E-state index contributed by atoms with van der Waals surface area (Å²) in [6, 6.07) is 3.04. The second kappa shape index (κ2) is 8.11. The highest BCUT2D eigenvalue weighted by Gasteiger charge is 2.00. The number of rotatable bonds is 4. The molecule has 1 rings (SSSR count). The van der Waals surface area contributed by atoms with E-state index in [1.54, 1.807) is 0 Å². The molecule has 1 aromatic rings. The molecule has 0 amide bonds. The lowest BCUT2D eigenvalue weighted by Crippen LogP contribution is -2.04. The van der Waals surface area contributed by atoms with Gasteiger partial charge in [-0.15, -0.1) is 0 Å².